The number of methoxy groups -OCH3 is 1. The Morgan fingerprint density at radius 2 is 2.11 bits per heavy atom. The van der Waals surface area contributed by atoms with Crippen molar-refractivity contribution >= 4 is 15.9 Å². The first-order chi connectivity index (χ1) is 9.22. The van der Waals surface area contributed by atoms with Crippen LogP contribution in [-0.2, 0) is 6.42 Å². The molecule has 0 spiro atoms. The number of rotatable bonds is 6. The summed E-state index contributed by atoms with van der Waals surface area (Å²) in [5.74, 6) is 1.83. The minimum absolute atomic E-state index is 0.586. The average molecular weight is 326 g/mol. The van der Waals surface area contributed by atoms with Crippen LogP contribution in [0.25, 0.3) is 0 Å². The smallest absolute Gasteiger partial charge is 0.133 e. The fourth-order valence-corrected chi connectivity index (χ4v) is 3.66. The molecule has 0 aliphatic heterocycles. The Labute approximate surface area is 125 Å². The SMILES string of the molecule is CNC(Cc1ccc(OC)c(Br)c1)CC1CCCC1. The molecule has 0 saturated heterocycles. The molecule has 1 aromatic rings. The molecular formula is C16H24BrNO. The summed E-state index contributed by atoms with van der Waals surface area (Å²) < 4.78 is 6.32. The van der Waals surface area contributed by atoms with Gasteiger partial charge in [-0.1, -0.05) is 31.7 Å². The van der Waals surface area contributed by atoms with Crippen molar-refractivity contribution in [3.63, 3.8) is 0 Å². The molecule has 19 heavy (non-hydrogen) atoms. The second kappa shape index (κ2) is 7.30. The topological polar surface area (TPSA) is 21.3 Å². The summed E-state index contributed by atoms with van der Waals surface area (Å²) in [5, 5.41) is 3.48. The van der Waals surface area contributed by atoms with E-state index in [1.54, 1.807) is 7.11 Å². The second-order valence-electron chi connectivity index (χ2n) is 5.54. The number of hydrogen-bond acceptors (Lipinski definition) is 2. The van der Waals surface area contributed by atoms with Gasteiger partial charge in [-0.05, 0) is 59.4 Å². The standard InChI is InChI=1S/C16H24BrNO/c1-18-14(9-12-5-3-4-6-12)10-13-7-8-16(19-2)15(17)11-13/h7-8,11-12,14,18H,3-6,9-10H2,1-2H3. The van der Waals surface area contributed by atoms with Gasteiger partial charge in [-0.2, -0.15) is 0 Å². The maximum Gasteiger partial charge on any atom is 0.133 e. The zero-order chi connectivity index (χ0) is 13.7. The molecule has 0 amide bonds. The molecule has 106 valence electrons. The molecule has 1 aliphatic carbocycles. The van der Waals surface area contributed by atoms with Crippen molar-refractivity contribution in [3.8, 4) is 5.75 Å². The minimum Gasteiger partial charge on any atom is -0.496 e. The normalized spacial score (nSPS) is 17.6. The number of ether oxygens (including phenoxy) is 1. The number of benzene rings is 1. The van der Waals surface area contributed by atoms with Gasteiger partial charge in [0.15, 0.2) is 0 Å². The van der Waals surface area contributed by atoms with E-state index < -0.39 is 0 Å². The Hall–Kier alpha value is -0.540. The van der Waals surface area contributed by atoms with E-state index in [2.05, 4.69) is 40.4 Å². The van der Waals surface area contributed by atoms with Crippen LogP contribution < -0.4 is 10.1 Å². The number of likely N-dealkylation sites (N-methyl/N-ethyl adjacent to an activating group) is 1. The van der Waals surface area contributed by atoms with Crippen molar-refractivity contribution in [1.29, 1.82) is 0 Å². The second-order valence-corrected chi connectivity index (χ2v) is 6.40. The van der Waals surface area contributed by atoms with Crippen molar-refractivity contribution < 1.29 is 4.74 Å². The fraction of sp³-hybridized carbons (Fsp3) is 0.625. The van der Waals surface area contributed by atoms with E-state index in [1.807, 2.05) is 6.07 Å². The summed E-state index contributed by atoms with van der Waals surface area (Å²) >= 11 is 3.56. The third kappa shape index (κ3) is 4.22. The van der Waals surface area contributed by atoms with Crippen LogP contribution in [0.4, 0.5) is 0 Å². The largest absolute Gasteiger partial charge is 0.496 e. The lowest BCUT2D eigenvalue weighted by atomic mass is 9.94. The molecule has 1 atom stereocenters. The first-order valence-corrected chi connectivity index (χ1v) is 8.02. The minimum atomic E-state index is 0.586. The third-order valence-electron chi connectivity index (χ3n) is 4.20. The quantitative estimate of drug-likeness (QED) is 0.847. The third-order valence-corrected chi connectivity index (χ3v) is 4.82. The summed E-state index contributed by atoms with van der Waals surface area (Å²) in [7, 11) is 3.79. The molecular weight excluding hydrogens is 302 g/mol. The summed E-state index contributed by atoms with van der Waals surface area (Å²) in [4.78, 5) is 0. The highest BCUT2D eigenvalue weighted by atomic mass is 79.9. The van der Waals surface area contributed by atoms with Gasteiger partial charge in [0.1, 0.15) is 5.75 Å². The molecule has 1 aliphatic rings. The number of nitrogens with one attached hydrogen (secondary N) is 1. The van der Waals surface area contributed by atoms with E-state index in [-0.39, 0.29) is 0 Å². The molecule has 1 fully saturated rings. The van der Waals surface area contributed by atoms with E-state index >= 15 is 0 Å². The lowest BCUT2D eigenvalue weighted by Crippen LogP contribution is -2.29. The highest BCUT2D eigenvalue weighted by Gasteiger charge is 2.19. The van der Waals surface area contributed by atoms with Crippen LogP contribution >= 0.6 is 15.9 Å². The molecule has 2 nitrogen and oxygen atoms in total. The first kappa shape index (κ1) is 14.9. The molecule has 1 saturated carbocycles. The van der Waals surface area contributed by atoms with Crippen LogP contribution in [0.1, 0.15) is 37.7 Å². The van der Waals surface area contributed by atoms with E-state index in [9.17, 15) is 0 Å². The highest BCUT2D eigenvalue weighted by Crippen LogP contribution is 2.30. The Kier molecular flexibility index (Phi) is 5.71. The van der Waals surface area contributed by atoms with E-state index in [0.717, 1.165) is 22.6 Å². The van der Waals surface area contributed by atoms with E-state index in [4.69, 9.17) is 4.74 Å². The van der Waals surface area contributed by atoms with Crippen molar-refractivity contribution in [3.05, 3.63) is 28.2 Å². The van der Waals surface area contributed by atoms with Gasteiger partial charge < -0.3 is 10.1 Å². The van der Waals surface area contributed by atoms with Gasteiger partial charge in [0, 0.05) is 6.04 Å². The summed E-state index contributed by atoms with van der Waals surface area (Å²) in [6.45, 7) is 0. The maximum absolute atomic E-state index is 5.28. The Balaban J connectivity index is 1.95. The van der Waals surface area contributed by atoms with Crippen molar-refractivity contribution in [2.75, 3.05) is 14.2 Å². The number of halogens is 1. The van der Waals surface area contributed by atoms with Crippen molar-refractivity contribution in [1.82, 2.24) is 5.32 Å². The molecule has 0 radical (unpaired) electrons. The van der Waals surface area contributed by atoms with Crippen LogP contribution in [-0.4, -0.2) is 20.2 Å². The molecule has 1 N–H and O–H groups in total. The predicted octanol–water partition coefficient (Wildman–Crippen LogP) is 4.17. The maximum atomic E-state index is 5.28. The molecule has 0 heterocycles. The summed E-state index contributed by atoms with van der Waals surface area (Å²) in [6.07, 6.45) is 8.09. The monoisotopic (exact) mass is 325 g/mol. The van der Waals surface area contributed by atoms with Gasteiger partial charge >= 0.3 is 0 Å². The molecule has 1 aromatic carbocycles. The van der Waals surface area contributed by atoms with Gasteiger partial charge in [-0.25, -0.2) is 0 Å². The zero-order valence-electron chi connectivity index (χ0n) is 11.9. The van der Waals surface area contributed by atoms with Crippen LogP contribution in [0.3, 0.4) is 0 Å². The van der Waals surface area contributed by atoms with E-state index in [0.29, 0.717) is 6.04 Å². The van der Waals surface area contributed by atoms with Crippen LogP contribution in [0.15, 0.2) is 22.7 Å². The predicted molar refractivity (Wildman–Crippen MR) is 83.8 cm³/mol. The molecule has 0 bridgehead atoms. The molecule has 1 unspecified atom stereocenters. The lowest BCUT2D eigenvalue weighted by molar-refractivity contribution is 0.401. The van der Waals surface area contributed by atoms with Crippen molar-refractivity contribution in [2.45, 2.75) is 44.6 Å². The van der Waals surface area contributed by atoms with Crippen LogP contribution in [0.2, 0.25) is 0 Å². The Morgan fingerprint density at radius 3 is 2.68 bits per heavy atom. The fourth-order valence-electron chi connectivity index (χ4n) is 3.07. The summed E-state index contributed by atoms with van der Waals surface area (Å²) in [5.41, 5.74) is 1.37. The lowest BCUT2D eigenvalue weighted by Gasteiger charge is -2.20. The van der Waals surface area contributed by atoms with Crippen molar-refractivity contribution in [2.24, 2.45) is 5.92 Å². The average Bonchev–Trinajstić information content (AvgIpc) is 2.91. The molecule has 2 rings (SSSR count). The number of hydrogen-bond donors (Lipinski definition) is 1. The highest BCUT2D eigenvalue weighted by molar-refractivity contribution is 9.10. The Morgan fingerprint density at radius 1 is 1.37 bits per heavy atom. The van der Waals surface area contributed by atoms with Gasteiger partial charge in [0.25, 0.3) is 0 Å². The van der Waals surface area contributed by atoms with Crippen LogP contribution in [0.5, 0.6) is 5.75 Å². The van der Waals surface area contributed by atoms with Gasteiger partial charge in [0.2, 0.25) is 0 Å². The van der Waals surface area contributed by atoms with Gasteiger partial charge in [0.05, 0.1) is 11.6 Å². The first-order valence-electron chi connectivity index (χ1n) is 7.22. The molecule has 3 heteroatoms. The summed E-state index contributed by atoms with van der Waals surface area (Å²) in [6, 6.07) is 6.98. The van der Waals surface area contributed by atoms with E-state index in [1.165, 1.54) is 37.7 Å². The Bertz CT molecular complexity index is 402. The zero-order valence-corrected chi connectivity index (χ0v) is 13.5. The van der Waals surface area contributed by atoms with Gasteiger partial charge in [-0.3, -0.25) is 0 Å². The van der Waals surface area contributed by atoms with Crippen LogP contribution in [0, 0.1) is 5.92 Å². The van der Waals surface area contributed by atoms with Gasteiger partial charge in [-0.15, -0.1) is 0 Å². The molecule has 0 aromatic heterocycles.